The molecule has 118 valence electrons. The lowest BCUT2D eigenvalue weighted by Crippen LogP contribution is -2.31. The highest BCUT2D eigenvalue weighted by Crippen LogP contribution is 2.42. The standard InChI is InChI=1S/C16H16BrN5O/c17-15-4-3-13(22-9-19-20-21-22)7-14(15)16(23)18-8-12-6-10-1-2-11(12)5-10/h1-4,7,9-12H,5-6,8H2,(H,18,23)/t10-,11+,12-/m1/s1. The average Bonchev–Trinajstić information content (AvgIpc) is 3.30. The minimum Gasteiger partial charge on any atom is -0.352 e. The van der Waals surface area contributed by atoms with Gasteiger partial charge in [-0.25, -0.2) is 4.68 Å². The molecule has 1 fully saturated rings. The molecule has 1 amide bonds. The molecule has 0 radical (unpaired) electrons. The topological polar surface area (TPSA) is 72.7 Å². The van der Waals surface area contributed by atoms with Gasteiger partial charge in [-0.2, -0.15) is 0 Å². The molecule has 2 aromatic rings. The van der Waals surface area contributed by atoms with Gasteiger partial charge in [0.25, 0.3) is 5.91 Å². The molecule has 4 rings (SSSR count). The molecule has 1 N–H and O–H groups in total. The molecular formula is C16H16BrN5O. The molecule has 2 aliphatic rings. The number of nitrogens with zero attached hydrogens (tertiary/aromatic N) is 4. The molecule has 1 heterocycles. The van der Waals surface area contributed by atoms with Gasteiger partial charge >= 0.3 is 0 Å². The Kier molecular flexibility index (Phi) is 3.72. The number of tetrazole rings is 1. The Morgan fingerprint density at radius 3 is 2.96 bits per heavy atom. The van der Waals surface area contributed by atoms with Crippen LogP contribution in [-0.2, 0) is 0 Å². The quantitative estimate of drug-likeness (QED) is 0.834. The molecular weight excluding hydrogens is 358 g/mol. The highest BCUT2D eigenvalue weighted by molar-refractivity contribution is 9.10. The molecule has 2 bridgehead atoms. The van der Waals surface area contributed by atoms with Gasteiger partial charge in [0.05, 0.1) is 11.3 Å². The van der Waals surface area contributed by atoms with Crippen molar-refractivity contribution in [2.24, 2.45) is 17.8 Å². The Hall–Kier alpha value is -2.02. The predicted molar refractivity (Wildman–Crippen MR) is 88.0 cm³/mol. The third-order valence-corrected chi connectivity index (χ3v) is 5.44. The van der Waals surface area contributed by atoms with Crippen molar-refractivity contribution in [2.45, 2.75) is 12.8 Å². The molecule has 3 atom stereocenters. The number of carbonyl (C=O) groups excluding carboxylic acids is 1. The first kappa shape index (κ1) is 14.6. The largest absolute Gasteiger partial charge is 0.352 e. The van der Waals surface area contributed by atoms with Gasteiger partial charge in [-0.1, -0.05) is 12.2 Å². The molecule has 6 nitrogen and oxygen atoms in total. The van der Waals surface area contributed by atoms with Gasteiger partial charge in [0.2, 0.25) is 0 Å². The van der Waals surface area contributed by atoms with Crippen molar-refractivity contribution in [1.82, 2.24) is 25.5 Å². The van der Waals surface area contributed by atoms with Crippen molar-refractivity contribution < 1.29 is 4.79 Å². The number of hydrogen-bond acceptors (Lipinski definition) is 4. The smallest absolute Gasteiger partial charge is 0.252 e. The minimum atomic E-state index is -0.0708. The van der Waals surface area contributed by atoms with Crippen LogP contribution < -0.4 is 5.32 Å². The van der Waals surface area contributed by atoms with Crippen LogP contribution in [0.25, 0.3) is 5.69 Å². The highest BCUT2D eigenvalue weighted by Gasteiger charge is 2.35. The normalized spacial score (nSPS) is 25.0. The molecule has 1 aromatic carbocycles. The van der Waals surface area contributed by atoms with Gasteiger partial charge in [0, 0.05) is 11.0 Å². The zero-order chi connectivity index (χ0) is 15.8. The lowest BCUT2D eigenvalue weighted by atomic mass is 9.93. The first-order chi connectivity index (χ1) is 11.2. The van der Waals surface area contributed by atoms with E-state index in [0.29, 0.717) is 17.4 Å². The third kappa shape index (κ3) is 2.81. The van der Waals surface area contributed by atoms with Crippen LogP contribution >= 0.6 is 15.9 Å². The van der Waals surface area contributed by atoms with Gasteiger partial charge in [-0.3, -0.25) is 4.79 Å². The first-order valence-corrected chi connectivity index (χ1v) is 8.49. The first-order valence-electron chi connectivity index (χ1n) is 7.70. The van der Waals surface area contributed by atoms with Crippen molar-refractivity contribution in [1.29, 1.82) is 0 Å². The number of hydrogen-bond donors (Lipinski definition) is 1. The van der Waals surface area contributed by atoms with Crippen molar-refractivity contribution >= 4 is 21.8 Å². The molecule has 0 aliphatic heterocycles. The summed E-state index contributed by atoms with van der Waals surface area (Å²) in [6.07, 6.45) is 8.56. The van der Waals surface area contributed by atoms with E-state index in [4.69, 9.17) is 0 Å². The van der Waals surface area contributed by atoms with Crippen LogP contribution in [-0.4, -0.2) is 32.7 Å². The van der Waals surface area contributed by atoms with E-state index in [2.05, 4.69) is 48.9 Å². The zero-order valence-electron chi connectivity index (χ0n) is 12.4. The lowest BCUT2D eigenvalue weighted by molar-refractivity contribution is 0.0944. The summed E-state index contributed by atoms with van der Waals surface area (Å²) in [5, 5.41) is 14.2. The van der Waals surface area contributed by atoms with E-state index in [1.54, 1.807) is 6.07 Å². The number of halogens is 1. The third-order valence-electron chi connectivity index (χ3n) is 4.75. The van der Waals surface area contributed by atoms with E-state index in [1.165, 1.54) is 23.9 Å². The fourth-order valence-electron chi connectivity index (χ4n) is 3.56. The fraction of sp³-hybridized carbons (Fsp3) is 0.375. The maximum Gasteiger partial charge on any atom is 0.252 e. The molecule has 1 aromatic heterocycles. The zero-order valence-corrected chi connectivity index (χ0v) is 14.0. The highest BCUT2D eigenvalue weighted by atomic mass is 79.9. The Morgan fingerprint density at radius 2 is 2.26 bits per heavy atom. The molecule has 2 aliphatic carbocycles. The number of fused-ring (bicyclic) bond motifs is 2. The summed E-state index contributed by atoms with van der Waals surface area (Å²) in [5.74, 6) is 1.85. The molecule has 0 unspecified atom stereocenters. The Balaban J connectivity index is 1.47. The van der Waals surface area contributed by atoms with Crippen LogP contribution in [0, 0.1) is 17.8 Å². The number of amides is 1. The number of rotatable bonds is 4. The van der Waals surface area contributed by atoms with Crippen molar-refractivity contribution in [3.63, 3.8) is 0 Å². The van der Waals surface area contributed by atoms with Crippen molar-refractivity contribution in [2.75, 3.05) is 6.54 Å². The minimum absolute atomic E-state index is 0.0708. The number of benzene rings is 1. The van der Waals surface area contributed by atoms with Gasteiger partial charge in [0.15, 0.2) is 0 Å². The Bertz CT molecular complexity index is 758. The SMILES string of the molecule is O=C(NC[C@H]1C[C@@H]2C=C[C@H]1C2)c1cc(-n2cnnn2)ccc1Br. The van der Waals surface area contributed by atoms with Crippen LogP contribution in [0.5, 0.6) is 0 Å². The summed E-state index contributed by atoms with van der Waals surface area (Å²) in [7, 11) is 0. The van der Waals surface area contributed by atoms with E-state index in [0.717, 1.165) is 22.6 Å². The second-order valence-corrected chi connectivity index (χ2v) is 7.02. The summed E-state index contributed by atoms with van der Waals surface area (Å²) in [5.41, 5.74) is 1.35. The van der Waals surface area contributed by atoms with Crippen LogP contribution in [0.15, 0.2) is 41.2 Å². The van der Waals surface area contributed by atoms with Gasteiger partial charge in [-0.15, -0.1) is 5.10 Å². The van der Waals surface area contributed by atoms with Crippen LogP contribution in [0.4, 0.5) is 0 Å². The van der Waals surface area contributed by atoms with Crippen LogP contribution in [0.2, 0.25) is 0 Å². The maximum absolute atomic E-state index is 12.5. The molecule has 23 heavy (non-hydrogen) atoms. The summed E-state index contributed by atoms with van der Waals surface area (Å²) < 4.78 is 2.30. The lowest BCUT2D eigenvalue weighted by Gasteiger charge is -2.18. The van der Waals surface area contributed by atoms with E-state index >= 15 is 0 Å². The Labute approximate surface area is 142 Å². The molecule has 1 saturated carbocycles. The maximum atomic E-state index is 12.5. The van der Waals surface area contributed by atoms with E-state index in [1.807, 2.05) is 12.1 Å². The number of allylic oxidation sites excluding steroid dienone is 2. The second kappa shape index (κ2) is 5.88. The van der Waals surface area contributed by atoms with E-state index in [-0.39, 0.29) is 5.91 Å². The summed E-state index contributed by atoms with van der Waals surface area (Å²) in [6, 6.07) is 5.49. The van der Waals surface area contributed by atoms with Gasteiger partial charge < -0.3 is 5.32 Å². The monoisotopic (exact) mass is 373 g/mol. The molecule has 0 saturated heterocycles. The Morgan fingerprint density at radius 1 is 1.35 bits per heavy atom. The molecule has 0 spiro atoms. The van der Waals surface area contributed by atoms with Crippen LogP contribution in [0.1, 0.15) is 23.2 Å². The van der Waals surface area contributed by atoms with E-state index < -0.39 is 0 Å². The summed E-state index contributed by atoms with van der Waals surface area (Å²) >= 11 is 3.45. The average molecular weight is 374 g/mol. The van der Waals surface area contributed by atoms with Crippen molar-refractivity contribution in [3.8, 4) is 5.69 Å². The summed E-state index contributed by atoms with van der Waals surface area (Å²) in [6.45, 7) is 0.728. The number of aromatic nitrogens is 4. The second-order valence-electron chi connectivity index (χ2n) is 6.17. The number of nitrogens with one attached hydrogen (secondary N) is 1. The molecule has 7 heteroatoms. The summed E-state index contributed by atoms with van der Waals surface area (Å²) in [4.78, 5) is 12.5. The van der Waals surface area contributed by atoms with Crippen molar-refractivity contribution in [3.05, 3.63) is 46.7 Å². The fourth-order valence-corrected chi connectivity index (χ4v) is 3.98. The van der Waals surface area contributed by atoms with E-state index in [9.17, 15) is 4.79 Å². The van der Waals surface area contributed by atoms with Gasteiger partial charge in [-0.05, 0) is 75.2 Å². The van der Waals surface area contributed by atoms with Gasteiger partial charge in [0.1, 0.15) is 6.33 Å². The number of carbonyl (C=O) groups is 1. The predicted octanol–water partition coefficient (Wildman–Crippen LogP) is 2.37. The van der Waals surface area contributed by atoms with Crippen LogP contribution in [0.3, 0.4) is 0 Å².